The van der Waals surface area contributed by atoms with Crippen molar-refractivity contribution in [3.63, 3.8) is 0 Å². The van der Waals surface area contributed by atoms with Gasteiger partial charge in [0.2, 0.25) is 11.8 Å². The van der Waals surface area contributed by atoms with E-state index in [1.54, 1.807) is 6.07 Å². The van der Waals surface area contributed by atoms with Crippen LogP contribution in [0.25, 0.3) is 0 Å². The molecule has 0 amide bonds. The highest BCUT2D eigenvalue weighted by molar-refractivity contribution is 9.10. The molecule has 5 nitrogen and oxygen atoms in total. The molecule has 0 unspecified atom stereocenters. The molecule has 0 atom stereocenters. The Labute approximate surface area is 120 Å². The van der Waals surface area contributed by atoms with Crippen LogP contribution in [0.4, 0.5) is 11.8 Å². The highest BCUT2D eigenvalue weighted by Crippen LogP contribution is 2.17. The maximum absolute atomic E-state index is 5.63. The standard InChI is InChI=1S/C13H15BrN4O/c1-2-16-11-7-12(18-13(15)17-11)19-8-9-3-5-10(14)6-4-9/h3-7H,2,8H2,1H3,(H3,15,16,17,18). The number of nitrogen functional groups attached to an aromatic ring is 1. The number of rotatable bonds is 5. The number of aromatic nitrogens is 2. The predicted molar refractivity (Wildman–Crippen MR) is 79.1 cm³/mol. The van der Waals surface area contributed by atoms with Crippen molar-refractivity contribution in [3.05, 3.63) is 40.4 Å². The second-order valence-corrected chi connectivity index (χ2v) is 4.81. The molecule has 0 spiro atoms. The number of nitrogens with zero attached hydrogens (tertiary/aromatic N) is 2. The molecule has 1 aromatic heterocycles. The van der Waals surface area contributed by atoms with E-state index in [0.29, 0.717) is 18.3 Å². The number of anilines is 2. The van der Waals surface area contributed by atoms with Gasteiger partial charge in [-0.05, 0) is 24.6 Å². The Hall–Kier alpha value is -1.82. The minimum atomic E-state index is 0.198. The van der Waals surface area contributed by atoms with Gasteiger partial charge in [-0.15, -0.1) is 0 Å². The summed E-state index contributed by atoms with van der Waals surface area (Å²) < 4.78 is 6.65. The molecule has 0 aliphatic rings. The zero-order chi connectivity index (χ0) is 13.7. The Morgan fingerprint density at radius 2 is 2.00 bits per heavy atom. The Kier molecular flexibility index (Phi) is 4.57. The first-order chi connectivity index (χ1) is 9.17. The largest absolute Gasteiger partial charge is 0.473 e. The lowest BCUT2D eigenvalue weighted by atomic mass is 10.2. The van der Waals surface area contributed by atoms with E-state index in [1.807, 2.05) is 31.2 Å². The number of nitrogens with two attached hydrogens (primary N) is 1. The number of benzene rings is 1. The van der Waals surface area contributed by atoms with Gasteiger partial charge in [0.15, 0.2) is 0 Å². The molecule has 2 rings (SSSR count). The van der Waals surface area contributed by atoms with Gasteiger partial charge in [0, 0.05) is 17.1 Å². The van der Waals surface area contributed by atoms with Crippen molar-refractivity contribution >= 4 is 27.7 Å². The minimum Gasteiger partial charge on any atom is -0.473 e. The monoisotopic (exact) mass is 322 g/mol. The maximum atomic E-state index is 5.63. The van der Waals surface area contributed by atoms with Crippen molar-refractivity contribution in [1.82, 2.24) is 9.97 Å². The van der Waals surface area contributed by atoms with Crippen LogP contribution >= 0.6 is 15.9 Å². The topological polar surface area (TPSA) is 73.1 Å². The van der Waals surface area contributed by atoms with Crippen LogP contribution in [0.1, 0.15) is 12.5 Å². The smallest absolute Gasteiger partial charge is 0.225 e. The highest BCUT2D eigenvalue weighted by atomic mass is 79.9. The third-order valence-corrected chi connectivity index (χ3v) is 2.91. The molecule has 0 aliphatic heterocycles. The summed E-state index contributed by atoms with van der Waals surface area (Å²) in [5, 5.41) is 3.08. The highest BCUT2D eigenvalue weighted by Gasteiger charge is 2.03. The Bertz CT molecular complexity index is 545. The fraction of sp³-hybridized carbons (Fsp3) is 0.231. The summed E-state index contributed by atoms with van der Waals surface area (Å²) in [5.41, 5.74) is 6.69. The zero-order valence-electron chi connectivity index (χ0n) is 10.6. The molecule has 19 heavy (non-hydrogen) atoms. The quantitative estimate of drug-likeness (QED) is 0.885. The lowest BCUT2D eigenvalue weighted by Gasteiger charge is -2.08. The van der Waals surface area contributed by atoms with Gasteiger partial charge in [0.1, 0.15) is 12.4 Å². The average Bonchev–Trinajstić information content (AvgIpc) is 2.38. The van der Waals surface area contributed by atoms with E-state index < -0.39 is 0 Å². The van der Waals surface area contributed by atoms with E-state index in [0.717, 1.165) is 16.6 Å². The van der Waals surface area contributed by atoms with E-state index in [-0.39, 0.29) is 5.95 Å². The molecule has 1 aromatic carbocycles. The molecule has 6 heteroatoms. The van der Waals surface area contributed by atoms with Crippen molar-refractivity contribution in [1.29, 1.82) is 0 Å². The average molecular weight is 323 g/mol. The molecule has 0 aliphatic carbocycles. The molecular formula is C13H15BrN4O. The number of ether oxygens (including phenoxy) is 1. The molecular weight excluding hydrogens is 308 g/mol. The SMILES string of the molecule is CCNc1cc(OCc2ccc(Br)cc2)nc(N)n1. The van der Waals surface area contributed by atoms with E-state index in [4.69, 9.17) is 10.5 Å². The second kappa shape index (κ2) is 6.38. The molecule has 0 saturated carbocycles. The van der Waals surface area contributed by atoms with Gasteiger partial charge < -0.3 is 15.8 Å². The molecule has 0 bridgehead atoms. The van der Waals surface area contributed by atoms with Gasteiger partial charge in [-0.3, -0.25) is 0 Å². The van der Waals surface area contributed by atoms with Gasteiger partial charge >= 0.3 is 0 Å². The molecule has 0 fully saturated rings. The fourth-order valence-corrected chi connectivity index (χ4v) is 1.79. The summed E-state index contributed by atoms with van der Waals surface area (Å²) in [7, 11) is 0. The first kappa shape index (κ1) is 13.6. The number of hydrogen-bond donors (Lipinski definition) is 2. The van der Waals surface area contributed by atoms with Crippen LogP contribution in [0.2, 0.25) is 0 Å². The van der Waals surface area contributed by atoms with E-state index in [1.165, 1.54) is 0 Å². The minimum absolute atomic E-state index is 0.198. The second-order valence-electron chi connectivity index (χ2n) is 3.90. The number of nitrogens with one attached hydrogen (secondary N) is 1. The summed E-state index contributed by atoms with van der Waals surface area (Å²) in [5.74, 6) is 1.33. The Morgan fingerprint density at radius 3 is 2.68 bits per heavy atom. The maximum Gasteiger partial charge on any atom is 0.225 e. The van der Waals surface area contributed by atoms with Crippen molar-refractivity contribution in [2.75, 3.05) is 17.6 Å². The van der Waals surface area contributed by atoms with E-state index >= 15 is 0 Å². The lowest BCUT2D eigenvalue weighted by molar-refractivity contribution is 0.294. The van der Waals surface area contributed by atoms with Crippen LogP contribution in [0, 0.1) is 0 Å². The van der Waals surface area contributed by atoms with Crippen molar-refractivity contribution in [2.45, 2.75) is 13.5 Å². The van der Waals surface area contributed by atoms with E-state index in [2.05, 4.69) is 31.2 Å². The molecule has 1 heterocycles. The molecule has 2 aromatic rings. The van der Waals surface area contributed by atoms with Crippen LogP contribution in [0.3, 0.4) is 0 Å². The van der Waals surface area contributed by atoms with Gasteiger partial charge in [0.05, 0.1) is 0 Å². The summed E-state index contributed by atoms with van der Waals surface area (Å²) in [6.07, 6.45) is 0. The van der Waals surface area contributed by atoms with Crippen LogP contribution in [0.15, 0.2) is 34.8 Å². The van der Waals surface area contributed by atoms with Gasteiger partial charge in [-0.2, -0.15) is 9.97 Å². The van der Waals surface area contributed by atoms with Gasteiger partial charge in [-0.25, -0.2) is 0 Å². The Balaban J connectivity index is 2.04. The van der Waals surface area contributed by atoms with Gasteiger partial charge in [0.25, 0.3) is 0 Å². The molecule has 3 N–H and O–H groups in total. The summed E-state index contributed by atoms with van der Waals surface area (Å²) >= 11 is 3.39. The number of hydrogen-bond acceptors (Lipinski definition) is 5. The van der Waals surface area contributed by atoms with E-state index in [9.17, 15) is 0 Å². The first-order valence-corrected chi connectivity index (χ1v) is 6.72. The van der Waals surface area contributed by atoms with Crippen LogP contribution in [-0.4, -0.2) is 16.5 Å². The first-order valence-electron chi connectivity index (χ1n) is 5.93. The van der Waals surface area contributed by atoms with Crippen molar-refractivity contribution in [2.24, 2.45) is 0 Å². The predicted octanol–water partition coefficient (Wildman–Crippen LogP) is 2.83. The van der Waals surface area contributed by atoms with Crippen molar-refractivity contribution in [3.8, 4) is 5.88 Å². The van der Waals surface area contributed by atoms with Crippen LogP contribution in [0.5, 0.6) is 5.88 Å². The third-order valence-electron chi connectivity index (χ3n) is 2.38. The molecule has 0 saturated heterocycles. The van der Waals surface area contributed by atoms with Crippen LogP contribution in [-0.2, 0) is 6.61 Å². The Morgan fingerprint density at radius 1 is 1.26 bits per heavy atom. The number of halogens is 1. The van der Waals surface area contributed by atoms with Crippen molar-refractivity contribution < 1.29 is 4.74 Å². The zero-order valence-corrected chi connectivity index (χ0v) is 12.1. The fourth-order valence-electron chi connectivity index (χ4n) is 1.53. The summed E-state index contributed by atoms with van der Waals surface area (Å²) in [6.45, 7) is 3.19. The van der Waals surface area contributed by atoms with Crippen LogP contribution < -0.4 is 15.8 Å². The lowest BCUT2D eigenvalue weighted by Crippen LogP contribution is -2.05. The third kappa shape index (κ3) is 4.10. The molecule has 0 radical (unpaired) electrons. The normalized spacial score (nSPS) is 10.2. The summed E-state index contributed by atoms with van der Waals surface area (Å²) in [4.78, 5) is 8.10. The molecule has 100 valence electrons. The summed E-state index contributed by atoms with van der Waals surface area (Å²) in [6, 6.07) is 9.65. The van der Waals surface area contributed by atoms with Gasteiger partial charge in [-0.1, -0.05) is 28.1 Å².